The van der Waals surface area contributed by atoms with Crippen molar-refractivity contribution < 1.29 is 19.1 Å². The molecule has 2 saturated heterocycles. The molecule has 154 valence electrons. The van der Waals surface area contributed by atoms with Gasteiger partial charge in [0.15, 0.2) is 5.96 Å². The summed E-state index contributed by atoms with van der Waals surface area (Å²) in [6.45, 7) is 6.18. The van der Waals surface area contributed by atoms with Gasteiger partial charge in [0.1, 0.15) is 6.54 Å². The first-order valence-corrected chi connectivity index (χ1v) is 9.78. The molecule has 2 heterocycles. The molecule has 9 nitrogen and oxygen atoms in total. The van der Waals surface area contributed by atoms with Crippen LogP contribution in [0.1, 0.15) is 26.2 Å². The molecule has 1 atom stereocenters. The fourth-order valence-electron chi connectivity index (χ4n) is 3.04. The Labute approximate surface area is 161 Å². The van der Waals surface area contributed by atoms with Gasteiger partial charge in [-0.25, -0.2) is 9.79 Å². The first kappa shape index (κ1) is 21.3. The van der Waals surface area contributed by atoms with Crippen LogP contribution in [0.15, 0.2) is 4.99 Å². The predicted molar refractivity (Wildman–Crippen MR) is 103 cm³/mol. The highest BCUT2D eigenvalue weighted by atomic mass is 16.6. The highest BCUT2D eigenvalue weighted by Crippen LogP contribution is 2.12. The van der Waals surface area contributed by atoms with Gasteiger partial charge in [0.2, 0.25) is 5.91 Å². The molecule has 2 aliphatic heterocycles. The maximum Gasteiger partial charge on any atom is 0.409 e. The molecule has 2 fully saturated rings. The molecule has 0 aromatic heterocycles. The molecule has 0 spiro atoms. The molecule has 2 aliphatic rings. The summed E-state index contributed by atoms with van der Waals surface area (Å²) in [5.41, 5.74) is 0. The van der Waals surface area contributed by atoms with Gasteiger partial charge in [0.05, 0.1) is 12.7 Å². The Morgan fingerprint density at radius 1 is 1.19 bits per heavy atom. The topological polar surface area (TPSA) is 86.7 Å². The highest BCUT2D eigenvalue weighted by molar-refractivity contribution is 5.85. The number of guanidine groups is 1. The lowest BCUT2D eigenvalue weighted by atomic mass is 10.1. The minimum Gasteiger partial charge on any atom is -0.450 e. The van der Waals surface area contributed by atoms with Gasteiger partial charge >= 0.3 is 6.09 Å². The van der Waals surface area contributed by atoms with E-state index in [-0.39, 0.29) is 24.6 Å². The number of nitrogens with one attached hydrogen (secondary N) is 1. The maximum absolute atomic E-state index is 11.9. The number of carbonyl (C=O) groups is 2. The fraction of sp³-hybridized carbons (Fsp3) is 0.833. The van der Waals surface area contributed by atoms with Crippen molar-refractivity contribution >= 4 is 18.0 Å². The lowest BCUT2D eigenvalue weighted by Crippen LogP contribution is -2.55. The number of hydrogen-bond acceptors (Lipinski definition) is 5. The van der Waals surface area contributed by atoms with Crippen molar-refractivity contribution in [3.8, 4) is 0 Å². The van der Waals surface area contributed by atoms with Crippen LogP contribution in [0.2, 0.25) is 0 Å². The number of carbonyl (C=O) groups excluding carboxylic acids is 2. The molecule has 2 rings (SSSR count). The molecular formula is C18H33N5O4. The lowest BCUT2D eigenvalue weighted by molar-refractivity contribution is -0.127. The van der Waals surface area contributed by atoms with Crippen LogP contribution < -0.4 is 5.32 Å². The average molecular weight is 383 g/mol. The van der Waals surface area contributed by atoms with Crippen molar-refractivity contribution in [3.63, 3.8) is 0 Å². The van der Waals surface area contributed by atoms with Crippen LogP contribution in [-0.4, -0.2) is 105 Å². The molecule has 0 aromatic rings. The molecular weight excluding hydrogens is 350 g/mol. The summed E-state index contributed by atoms with van der Waals surface area (Å²) in [6.07, 6.45) is 3.23. The van der Waals surface area contributed by atoms with E-state index in [1.165, 1.54) is 11.3 Å². The molecule has 0 bridgehead atoms. The first-order chi connectivity index (χ1) is 13.0. The van der Waals surface area contributed by atoms with Gasteiger partial charge in [-0.1, -0.05) is 0 Å². The van der Waals surface area contributed by atoms with Crippen molar-refractivity contribution in [2.45, 2.75) is 32.3 Å². The molecule has 1 unspecified atom stereocenters. The molecule has 0 aromatic carbocycles. The Kier molecular flexibility index (Phi) is 8.63. The zero-order valence-electron chi connectivity index (χ0n) is 16.8. The normalized spacial score (nSPS) is 21.0. The van der Waals surface area contributed by atoms with Crippen LogP contribution in [0.3, 0.4) is 0 Å². The second-order valence-corrected chi connectivity index (χ2v) is 6.97. The maximum atomic E-state index is 11.9. The number of ether oxygens (including phenoxy) is 2. The second kappa shape index (κ2) is 11.0. The summed E-state index contributed by atoms with van der Waals surface area (Å²) in [6, 6.07) is 0. The molecule has 0 aliphatic carbocycles. The van der Waals surface area contributed by atoms with Crippen LogP contribution in [-0.2, 0) is 14.3 Å². The Hall–Kier alpha value is -2.03. The van der Waals surface area contributed by atoms with E-state index in [0.717, 1.165) is 19.4 Å². The van der Waals surface area contributed by atoms with E-state index >= 15 is 0 Å². The number of amides is 2. The molecule has 0 saturated carbocycles. The van der Waals surface area contributed by atoms with E-state index in [2.05, 4.69) is 15.2 Å². The quantitative estimate of drug-likeness (QED) is 0.545. The third kappa shape index (κ3) is 6.89. The smallest absolute Gasteiger partial charge is 0.409 e. The number of aliphatic imine (C=N–C) groups is 1. The van der Waals surface area contributed by atoms with E-state index in [0.29, 0.717) is 45.3 Å². The van der Waals surface area contributed by atoms with Crippen LogP contribution in [0, 0.1) is 0 Å². The summed E-state index contributed by atoms with van der Waals surface area (Å²) in [5, 5.41) is 3.37. The minimum atomic E-state index is -0.276. The van der Waals surface area contributed by atoms with Gasteiger partial charge in [-0.3, -0.25) is 4.79 Å². The van der Waals surface area contributed by atoms with Crippen molar-refractivity contribution in [1.29, 1.82) is 0 Å². The zero-order valence-corrected chi connectivity index (χ0v) is 16.8. The monoisotopic (exact) mass is 383 g/mol. The predicted octanol–water partition coefficient (Wildman–Crippen LogP) is 0.363. The first-order valence-electron chi connectivity index (χ1n) is 9.78. The Morgan fingerprint density at radius 3 is 2.48 bits per heavy atom. The Morgan fingerprint density at radius 2 is 1.89 bits per heavy atom. The third-order valence-corrected chi connectivity index (χ3v) is 4.73. The molecule has 27 heavy (non-hydrogen) atoms. The van der Waals surface area contributed by atoms with E-state index in [9.17, 15) is 9.59 Å². The van der Waals surface area contributed by atoms with Gasteiger partial charge in [0, 0.05) is 53.4 Å². The van der Waals surface area contributed by atoms with Gasteiger partial charge in [-0.15, -0.1) is 0 Å². The highest BCUT2D eigenvalue weighted by Gasteiger charge is 2.25. The van der Waals surface area contributed by atoms with Crippen LogP contribution >= 0.6 is 0 Å². The summed E-state index contributed by atoms with van der Waals surface area (Å²) >= 11 is 0. The lowest BCUT2D eigenvalue weighted by Gasteiger charge is -2.36. The number of rotatable bonds is 5. The van der Waals surface area contributed by atoms with Crippen molar-refractivity contribution in [2.75, 3.05) is 66.6 Å². The molecule has 1 N–H and O–H groups in total. The van der Waals surface area contributed by atoms with Gasteiger partial charge in [-0.05, 0) is 26.2 Å². The number of likely N-dealkylation sites (N-methyl/N-ethyl adjacent to an activating group) is 1. The molecule has 9 heteroatoms. The number of piperazine rings is 1. The molecule has 0 radical (unpaired) electrons. The van der Waals surface area contributed by atoms with Crippen LogP contribution in [0.4, 0.5) is 4.79 Å². The largest absolute Gasteiger partial charge is 0.450 e. The van der Waals surface area contributed by atoms with Gasteiger partial charge < -0.3 is 29.5 Å². The molecule has 2 amide bonds. The third-order valence-electron chi connectivity index (χ3n) is 4.73. The fourth-order valence-corrected chi connectivity index (χ4v) is 3.04. The zero-order chi connectivity index (χ0) is 19.6. The SMILES string of the molecule is CCOC(=O)N1CCN(C(=NCC(=O)N(C)C)NCC2CCCCO2)CC1. The standard InChI is InChI=1S/C18H33N5O4/c1-4-26-18(25)23-10-8-22(9-11-23)17(20-14-16(24)21(2)3)19-13-15-7-5-6-12-27-15/h15H,4-14H2,1-3H3,(H,19,20). The van der Waals surface area contributed by atoms with Gasteiger partial charge in [0.25, 0.3) is 0 Å². The summed E-state index contributed by atoms with van der Waals surface area (Å²) in [7, 11) is 3.44. The van der Waals surface area contributed by atoms with Crippen LogP contribution in [0.5, 0.6) is 0 Å². The summed E-state index contributed by atoms with van der Waals surface area (Å²) < 4.78 is 10.8. The summed E-state index contributed by atoms with van der Waals surface area (Å²) in [4.78, 5) is 33.6. The van der Waals surface area contributed by atoms with Gasteiger partial charge in [-0.2, -0.15) is 0 Å². The number of hydrogen-bond donors (Lipinski definition) is 1. The number of nitrogens with zero attached hydrogens (tertiary/aromatic N) is 4. The van der Waals surface area contributed by atoms with E-state index in [1.807, 2.05) is 0 Å². The Bertz CT molecular complexity index is 512. The van der Waals surface area contributed by atoms with Crippen LogP contribution in [0.25, 0.3) is 0 Å². The average Bonchev–Trinajstić information content (AvgIpc) is 2.69. The van der Waals surface area contributed by atoms with Crippen molar-refractivity contribution in [1.82, 2.24) is 20.0 Å². The van der Waals surface area contributed by atoms with E-state index < -0.39 is 0 Å². The Balaban J connectivity index is 1.93. The van der Waals surface area contributed by atoms with E-state index in [4.69, 9.17) is 9.47 Å². The second-order valence-electron chi connectivity index (χ2n) is 6.97. The van der Waals surface area contributed by atoms with Crippen molar-refractivity contribution in [2.24, 2.45) is 4.99 Å². The van der Waals surface area contributed by atoms with E-state index in [1.54, 1.807) is 25.9 Å². The minimum absolute atomic E-state index is 0.0478. The summed E-state index contributed by atoms with van der Waals surface area (Å²) in [5.74, 6) is 0.649. The van der Waals surface area contributed by atoms with Crippen molar-refractivity contribution in [3.05, 3.63) is 0 Å².